The molecule has 1 unspecified atom stereocenters. The minimum absolute atomic E-state index is 0.119. The largest absolute Gasteiger partial charge is 0.306 e. The van der Waals surface area contributed by atoms with Gasteiger partial charge in [-0.15, -0.1) is 0 Å². The Morgan fingerprint density at radius 3 is 2.38 bits per heavy atom. The number of carbonyl (C=O) groups is 1. The van der Waals surface area contributed by atoms with Crippen LogP contribution in [-0.4, -0.2) is 22.2 Å². The zero-order chi connectivity index (χ0) is 20.5. The number of carbonyl (C=O) groups excluding carboxylic acids is 1. The lowest BCUT2D eigenvalue weighted by Crippen LogP contribution is -2.56. The molecule has 3 aromatic rings. The maximum Gasteiger partial charge on any atom is 0.237 e. The second-order valence-electron chi connectivity index (χ2n) is 8.39. The van der Waals surface area contributed by atoms with Crippen molar-refractivity contribution in [1.29, 1.82) is 0 Å². The van der Waals surface area contributed by atoms with Crippen LogP contribution < -0.4 is 4.90 Å². The number of nitrogens with zero attached hydrogens (tertiary/aromatic N) is 2. The molecule has 29 heavy (non-hydrogen) atoms. The summed E-state index contributed by atoms with van der Waals surface area (Å²) >= 11 is 1.49. The molecule has 0 saturated carbocycles. The van der Waals surface area contributed by atoms with Crippen LogP contribution in [0.25, 0.3) is 0 Å². The molecule has 4 rings (SSSR count). The fourth-order valence-corrected chi connectivity index (χ4v) is 5.38. The summed E-state index contributed by atoms with van der Waals surface area (Å²) in [5.74, 6) is 0.491. The van der Waals surface area contributed by atoms with E-state index in [9.17, 15) is 4.79 Å². The summed E-state index contributed by atoms with van der Waals surface area (Å²) in [6, 6.07) is 24.8. The van der Waals surface area contributed by atoms with Crippen molar-refractivity contribution in [2.24, 2.45) is 0 Å². The van der Waals surface area contributed by atoms with Crippen molar-refractivity contribution in [2.75, 3.05) is 10.7 Å². The van der Waals surface area contributed by atoms with Crippen LogP contribution in [0.15, 0.2) is 84.0 Å². The van der Waals surface area contributed by atoms with Crippen LogP contribution in [0.1, 0.15) is 38.3 Å². The highest BCUT2D eigenvalue weighted by Gasteiger charge is 2.47. The van der Waals surface area contributed by atoms with Crippen LogP contribution >= 0.6 is 11.8 Å². The highest BCUT2D eigenvalue weighted by molar-refractivity contribution is 7.99. The molecule has 0 aliphatic carbocycles. The van der Waals surface area contributed by atoms with E-state index in [0.717, 1.165) is 17.1 Å². The minimum atomic E-state index is -0.305. The van der Waals surface area contributed by atoms with Gasteiger partial charge < -0.3 is 4.90 Å². The van der Waals surface area contributed by atoms with Crippen molar-refractivity contribution in [3.8, 4) is 0 Å². The first-order valence-corrected chi connectivity index (χ1v) is 10.9. The molecule has 0 bridgehead atoms. The summed E-state index contributed by atoms with van der Waals surface area (Å²) in [5.41, 5.74) is 3.06. The third-order valence-corrected chi connectivity index (χ3v) is 6.70. The van der Waals surface area contributed by atoms with E-state index in [1.165, 1.54) is 22.9 Å². The summed E-state index contributed by atoms with van der Waals surface area (Å²) in [4.78, 5) is 19.7. The maximum atomic E-state index is 13.4. The lowest BCUT2D eigenvalue weighted by Gasteiger charge is -2.51. The summed E-state index contributed by atoms with van der Waals surface area (Å²) in [6.07, 6.45) is 2.62. The maximum absolute atomic E-state index is 13.4. The van der Waals surface area contributed by atoms with Crippen molar-refractivity contribution < 1.29 is 4.79 Å². The molecule has 1 amide bonds. The number of benzene rings is 2. The number of hydrogen-bond donors (Lipinski definition) is 0. The second-order valence-corrected chi connectivity index (χ2v) is 9.39. The highest BCUT2D eigenvalue weighted by atomic mass is 32.2. The molecular formula is C25H26N2OS. The number of rotatable bonds is 4. The van der Waals surface area contributed by atoms with Crippen LogP contribution in [0.3, 0.4) is 0 Å². The Hall–Kier alpha value is -2.59. The average molecular weight is 403 g/mol. The predicted molar refractivity (Wildman–Crippen MR) is 120 cm³/mol. The number of thioether (sulfide) groups is 1. The van der Waals surface area contributed by atoms with Crippen molar-refractivity contribution >= 4 is 23.4 Å². The van der Waals surface area contributed by atoms with E-state index in [-0.39, 0.29) is 16.9 Å². The lowest BCUT2D eigenvalue weighted by molar-refractivity contribution is -0.117. The van der Waals surface area contributed by atoms with Crippen LogP contribution in [0.5, 0.6) is 0 Å². The van der Waals surface area contributed by atoms with E-state index in [4.69, 9.17) is 0 Å². The van der Waals surface area contributed by atoms with Crippen LogP contribution in [0.2, 0.25) is 0 Å². The number of aromatic nitrogens is 1. The zero-order valence-electron chi connectivity index (χ0n) is 17.1. The first-order valence-electron chi connectivity index (χ1n) is 9.94. The van der Waals surface area contributed by atoms with Gasteiger partial charge in [-0.25, -0.2) is 4.98 Å². The number of pyridine rings is 1. The number of fused-ring (bicyclic) bond motifs is 1. The topological polar surface area (TPSA) is 33.2 Å². The van der Waals surface area contributed by atoms with E-state index >= 15 is 0 Å². The van der Waals surface area contributed by atoms with Crippen molar-refractivity contribution in [1.82, 2.24) is 4.98 Å². The standard InChI is InChI=1S/C25H26N2OS/c1-24(2)18-25(3,19-11-5-4-6-12-19)20-13-7-8-14-21(20)27(24)23(28)17-29-22-15-9-10-16-26-22/h4-16H,17-18H2,1-3H3. The van der Waals surface area contributed by atoms with Gasteiger partial charge in [-0.3, -0.25) is 4.79 Å². The van der Waals surface area contributed by atoms with E-state index in [1.54, 1.807) is 6.20 Å². The minimum Gasteiger partial charge on any atom is -0.306 e. The van der Waals surface area contributed by atoms with Crippen LogP contribution in [0.4, 0.5) is 5.69 Å². The van der Waals surface area contributed by atoms with Gasteiger partial charge in [-0.1, -0.05) is 73.3 Å². The summed E-state index contributed by atoms with van der Waals surface area (Å²) in [5, 5.41) is 0.873. The monoisotopic (exact) mass is 402 g/mol. The molecule has 2 aromatic carbocycles. The predicted octanol–water partition coefficient (Wildman–Crippen LogP) is 5.70. The first kappa shape index (κ1) is 19.7. The van der Waals surface area contributed by atoms with Gasteiger partial charge in [-0.2, -0.15) is 0 Å². The van der Waals surface area contributed by atoms with Gasteiger partial charge >= 0.3 is 0 Å². The van der Waals surface area contributed by atoms with Gasteiger partial charge in [-0.05, 0) is 49.6 Å². The van der Waals surface area contributed by atoms with Gasteiger partial charge in [0.15, 0.2) is 0 Å². The summed E-state index contributed by atoms with van der Waals surface area (Å²) in [6.45, 7) is 6.65. The van der Waals surface area contributed by atoms with E-state index in [2.05, 4.69) is 74.3 Å². The fraction of sp³-hybridized carbons (Fsp3) is 0.280. The number of para-hydroxylation sites is 1. The molecule has 1 aliphatic rings. The third kappa shape index (κ3) is 3.69. The Bertz CT molecular complexity index is 1000. The Kier molecular flexibility index (Phi) is 5.22. The fourth-order valence-electron chi connectivity index (χ4n) is 4.67. The second kappa shape index (κ2) is 7.68. The van der Waals surface area contributed by atoms with Crippen molar-refractivity contribution in [2.45, 2.75) is 43.2 Å². The zero-order valence-corrected chi connectivity index (χ0v) is 17.9. The molecule has 0 radical (unpaired) electrons. The Balaban J connectivity index is 1.71. The van der Waals surface area contributed by atoms with Crippen LogP contribution in [0, 0.1) is 0 Å². The van der Waals surface area contributed by atoms with Gasteiger partial charge in [0, 0.05) is 22.8 Å². The SMILES string of the molecule is CC1(c2ccccc2)CC(C)(C)N(C(=O)CSc2ccccn2)c2ccccc21. The molecule has 3 nitrogen and oxygen atoms in total. The van der Waals surface area contributed by atoms with Gasteiger partial charge in [0.2, 0.25) is 5.91 Å². The smallest absolute Gasteiger partial charge is 0.237 e. The Labute approximate surface area is 177 Å². The van der Waals surface area contributed by atoms with Crippen molar-refractivity contribution in [3.63, 3.8) is 0 Å². The summed E-state index contributed by atoms with van der Waals surface area (Å²) < 4.78 is 0. The van der Waals surface area contributed by atoms with E-state index < -0.39 is 0 Å². The molecule has 1 aromatic heterocycles. The number of hydrogen-bond acceptors (Lipinski definition) is 3. The molecule has 4 heteroatoms. The molecule has 1 aliphatic heterocycles. The molecule has 0 spiro atoms. The van der Waals surface area contributed by atoms with Crippen molar-refractivity contribution in [3.05, 3.63) is 90.1 Å². The normalized spacial score (nSPS) is 20.2. The van der Waals surface area contributed by atoms with Gasteiger partial charge in [0.25, 0.3) is 0 Å². The number of amides is 1. The molecule has 0 saturated heterocycles. The van der Waals surface area contributed by atoms with Gasteiger partial charge in [0.05, 0.1) is 10.8 Å². The molecule has 148 valence electrons. The quantitative estimate of drug-likeness (QED) is 0.525. The highest BCUT2D eigenvalue weighted by Crippen LogP contribution is 2.50. The molecular weight excluding hydrogens is 376 g/mol. The molecule has 0 fully saturated rings. The van der Waals surface area contributed by atoms with E-state index in [0.29, 0.717) is 5.75 Å². The Morgan fingerprint density at radius 2 is 1.66 bits per heavy atom. The van der Waals surface area contributed by atoms with E-state index in [1.807, 2.05) is 29.2 Å². The van der Waals surface area contributed by atoms with Gasteiger partial charge in [0.1, 0.15) is 0 Å². The van der Waals surface area contributed by atoms with Crippen LogP contribution in [-0.2, 0) is 10.2 Å². The lowest BCUT2D eigenvalue weighted by atomic mass is 9.65. The molecule has 0 N–H and O–H groups in total. The number of anilines is 1. The first-order chi connectivity index (χ1) is 13.9. The Morgan fingerprint density at radius 1 is 0.966 bits per heavy atom. The molecule has 1 atom stereocenters. The third-order valence-electron chi connectivity index (χ3n) is 5.77. The average Bonchev–Trinajstić information content (AvgIpc) is 2.73. The molecule has 2 heterocycles. The summed E-state index contributed by atoms with van der Waals surface area (Å²) in [7, 11) is 0.